The van der Waals surface area contributed by atoms with Crippen molar-refractivity contribution in [1.29, 1.82) is 0 Å². The lowest BCUT2D eigenvalue weighted by Crippen LogP contribution is -2.47. The molecule has 1 aliphatic carbocycles. The first-order chi connectivity index (χ1) is 16.6. The van der Waals surface area contributed by atoms with Crippen LogP contribution in [-0.4, -0.2) is 79.4 Å². The van der Waals surface area contributed by atoms with Crippen LogP contribution >= 0.6 is 23.2 Å². The Balaban J connectivity index is 0.000000391. The van der Waals surface area contributed by atoms with Gasteiger partial charge in [0.05, 0.1) is 24.4 Å². The summed E-state index contributed by atoms with van der Waals surface area (Å²) in [6, 6.07) is 0. The summed E-state index contributed by atoms with van der Waals surface area (Å²) < 4.78 is 43.6. The number of aryl methyl sites for hydroxylation is 1. The van der Waals surface area contributed by atoms with E-state index in [9.17, 15) is 18.0 Å². The molecule has 1 aliphatic heterocycles. The zero-order valence-corrected chi connectivity index (χ0v) is 22.2. The summed E-state index contributed by atoms with van der Waals surface area (Å²) in [5.41, 5.74) is 3.23. The van der Waals surface area contributed by atoms with E-state index in [1.807, 2.05) is 17.1 Å². The Labute approximate surface area is 214 Å². The molecule has 0 atom stereocenters. The van der Waals surface area contributed by atoms with Gasteiger partial charge in [0.25, 0.3) is 0 Å². The fourth-order valence-corrected chi connectivity index (χ4v) is 3.95. The third kappa shape index (κ3) is 9.42. The number of carbonyl (C=O) groups is 1. The molecule has 198 valence electrons. The first-order valence-corrected chi connectivity index (χ1v) is 11.6. The Morgan fingerprint density at radius 2 is 1.71 bits per heavy atom. The van der Waals surface area contributed by atoms with Crippen LogP contribution in [-0.2, 0) is 28.0 Å². The highest BCUT2D eigenvalue weighted by Crippen LogP contribution is 2.28. The van der Waals surface area contributed by atoms with Gasteiger partial charge >= 0.3 is 0 Å². The Hall–Kier alpha value is -2.17. The molecule has 2 aliphatic rings. The topological polar surface area (TPSA) is 59.8 Å². The molecule has 12 heteroatoms. The molecule has 0 bridgehead atoms. The molecule has 0 saturated carbocycles. The molecule has 0 spiro atoms. The van der Waals surface area contributed by atoms with Crippen LogP contribution in [0.15, 0.2) is 34.2 Å². The summed E-state index contributed by atoms with van der Waals surface area (Å²) in [6.07, 6.45) is 4.58. The number of hydrogen-bond donors (Lipinski definition) is 0. The lowest BCUT2D eigenvalue weighted by Gasteiger charge is -2.37. The van der Waals surface area contributed by atoms with E-state index in [1.54, 1.807) is 39.8 Å². The number of halogens is 5. The quantitative estimate of drug-likeness (QED) is 0.534. The highest BCUT2D eigenvalue weighted by atomic mass is 35.5. The lowest BCUT2D eigenvalue weighted by molar-refractivity contribution is -0.130. The van der Waals surface area contributed by atoms with Crippen molar-refractivity contribution >= 4 is 29.1 Å². The zero-order valence-electron chi connectivity index (χ0n) is 20.7. The number of alkyl halides is 3. The predicted octanol–water partition coefficient (Wildman–Crippen LogP) is 4.84. The number of hydrogen-bond acceptors (Lipinski definition) is 5. The van der Waals surface area contributed by atoms with Crippen molar-refractivity contribution in [2.45, 2.75) is 26.9 Å². The molecule has 7 nitrogen and oxygen atoms in total. The average molecular weight is 541 g/mol. The minimum absolute atomic E-state index is 0.127. The fraction of sp³-hybridized carbons (Fsp3) is 0.565. The zero-order chi connectivity index (χ0) is 26.5. The van der Waals surface area contributed by atoms with Gasteiger partial charge in [-0.15, -0.1) is 0 Å². The first-order valence-electron chi connectivity index (χ1n) is 10.8. The van der Waals surface area contributed by atoms with E-state index >= 15 is 0 Å². The van der Waals surface area contributed by atoms with Crippen LogP contribution in [0, 0.1) is 6.92 Å². The third-order valence-electron chi connectivity index (χ3n) is 5.38. The minimum atomic E-state index is -1.75. The Morgan fingerprint density at radius 3 is 2.11 bits per heavy atom. The second-order valence-electron chi connectivity index (χ2n) is 7.62. The Bertz CT molecular complexity index is 927. The number of aromatic nitrogens is 2. The summed E-state index contributed by atoms with van der Waals surface area (Å²) in [4.78, 5) is 15.6. The van der Waals surface area contributed by atoms with Gasteiger partial charge in [0.15, 0.2) is 0 Å². The van der Waals surface area contributed by atoms with Crippen LogP contribution in [0.2, 0.25) is 5.02 Å². The molecule has 0 radical (unpaired) electrons. The van der Waals surface area contributed by atoms with Crippen LogP contribution < -0.4 is 0 Å². The Kier molecular flexibility index (Phi) is 13.9. The van der Waals surface area contributed by atoms with Gasteiger partial charge in [-0.3, -0.25) is 9.48 Å². The number of amides is 1. The standard InChI is InChI=1S/C16H23ClN2O3.C6H8ClFN2.CH2F2/c1-12(20)18-4-6-19(7-5-18)16-10-15(22-3)9-14(17)8-13(16)11-21-2;1-4-6(7)5(3-8)9-10(4)2;2-1-3/h8,10H,4-7,9,11H2,1-3H3;3H2,1-2H3;1H2. The second-order valence-corrected chi connectivity index (χ2v) is 8.49. The lowest BCUT2D eigenvalue weighted by atomic mass is 10.1. The van der Waals surface area contributed by atoms with Crippen LogP contribution in [0.3, 0.4) is 0 Å². The predicted molar refractivity (Wildman–Crippen MR) is 131 cm³/mol. The van der Waals surface area contributed by atoms with Crippen molar-refractivity contribution < 1.29 is 27.4 Å². The summed E-state index contributed by atoms with van der Waals surface area (Å²) in [7, 11) is 5.06. The first kappa shape index (κ1) is 30.9. The minimum Gasteiger partial charge on any atom is -0.501 e. The summed E-state index contributed by atoms with van der Waals surface area (Å²) in [6.45, 7) is 4.60. The molecule has 2 heterocycles. The normalized spacial score (nSPS) is 15.8. The average Bonchev–Trinajstić information content (AvgIpc) is 2.98. The molecule has 1 saturated heterocycles. The van der Waals surface area contributed by atoms with Gasteiger partial charge < -0.3 is 19.3 Å². The van der Waals surface area contributed by atoms with Crippen LogP contribution in [0.1, 0.15) is 24.7 Å². The fourth-order valence-electron chi connectivity index (χ4n) is 3.47. The van der Waals surface area contributed by atoms with E-state index in [2.05, 4.69) is 10.00 Å². The van der Waals surface area contributed by atoms with Crippen LogP contribution in [0.25, 0.3) is 0 Å². The number of nitrogens with zero attached hydrogens (tertiary/aromatic N) is 4. The summed E-state index contributed by atoms with van der Waals surface area (Å²) >= 11 is 12.0. The van der Waals surface area contributed by atoms with Gasteiger partial charge in [0.2, 0.25) is 12.8 Å². The number of carbonyl (C=O) groups excluding carboxylic acids is 1. The van der Waals surface area contributed by atoms with E-state index in [0.717, 1.165) is 53.9 Å². The van der Waals surface area contributed by atoms with Gasteiger partial charge in [-0.05, 0) is 19.1 Å². The molecule has 0 N–H and O–H groups in total. The maximum atomic E-state index is 12.0. The molecule has 1 aromatic rings. The number of allylic oxidation sites excluding steroid dienone is 2. The van der Waals surface area contributed by atoms with E-state index in [4.69, 9.17) is 32.7 Å². The van der Waals surface area contributed by atoms with Gasteiger partial charge in [0, 0.05) is 70.0 Å². The van der Waals surface area contributed by atoms with E-state index in [-0.39, 0.29) is 5.91 Å². The summed E-state index contributed by atoms with van der Waals surface area (Å²) in [5.74, 6) is 0.957. The molecular formula is C23H33Cl2F3N4O3. The number of rotatable bonds is 5. The van der Waals surface area contributed by atoms with Gasteiger partial charge in [-0.2, -0.15) is 5.10 Å². The molecular weight excluding hydrogens is 508 g/mol. The molecule has 0 unspecified atom stereocenters. The maximum absolute atomic E-state index is 12.0. The van der Waals surface area contributed by atoms with Crippen molar-refractivity contribution in [3.63, 3.8) is 0 Å². The molecule has 0 aromatic carbocycles. The van der Waals surface area contributed by atoms with Gasteiger partial charge in [-0.25, -0.2) is 13.2 Å². The maximum Gasteiger partial charge on any atom is 0.229 e. The third-order valence-corrected chi connectivity index (χ3v) is 6.12. The molecule has 3 rings (SSSR count). The molecule has 1 amide bonds. The highest BCUT2D eigenvalue weighted by molar-refractivity contribution is 6.31. The smallest absolute Gasteiger partial charge is 0.229 e. The molecule has 35 heavy (non-hydrogen) atoms. The van der Waals surface area contributed by atoms with Crippen molar-refractivity contribution in [3.05, 3.63) is 50.6 Å². The molecule has 1 aromatic heterocycles. The van der Waals surface area contributed by atoms with Crippen LogP contribution in [0.5, 0.6) is 0 Å². The molecule has 1 fully saturated rings. The van der Waals surface area contributed by atoms with E-state index in [0.29, 0.717) is 23.7 Å². The number of methoxy groups -OCH3 is 2. The monoisotopic (exact) mass is 540 g/mol. The number of piperazine rings is 1. The van der Waals surface area contributed by atoms with E-state index in [1.165, 1.54) is 0 Å². The van der Waals surface area contributed by atoms with E-state index < -0.39 is 13.6 Å². The van der Waals surface area contributed by atoms with Gasteiger partial charge in [-0.1, -0.05) is 23.2 Å². The van der Waals surface area contributed by atoms with Crippen molar-refractivity contribution in [1.82, 2.24) is 19.6 Å². The van der Waals surface area contributed by atoms with Crippen molar-refractivity contribution in [2.75, 3.05) is 53.9 Å². The second kappa shape index (κ2) is 15.7. The van der Waals surface area contributed by atoms with Crippen molar-refractivity contribution in [3.8, 4) is 0 Å². The Morgan fingerprint density at radius 1 is 1.11 bits per heavy atom. The summed E-state index contributed by atoms with van der Waals surface area (Å²) in [5, 5.41) is 5.01. The SMILES string of the molecule is COCC1=C(N2CCN(C(C)=O)CC2)C=C(OC)CC(Cl)=C1.Cc1c(Cl)c(CF)nn1C.FCF. The number of ether oxygens (including phenoxy) is 2. The highest BCUT2D eigenvalue weighted by Gasteiger charge is 2.23. The largest absolute Gasteiger partial charge is 0.501 e. The van der Waals surface area contributed by atoms with Crippen molar-refractivity contribution in [2.24, 2.45) is 7.05 Å². The van der Waals surface area contributed by atoms with Crippen LogP contribution in [0.4, 0.5) is 13.2 Å². The van der Waals surface area contributed by atoms with Gasteiger partial charge in [0.1, 0.15) is 18.1 Å².